The molecule has 0 N–H and O–H groups in total. The van der Waals surface area contributed by atoms with Gasteiger partial charge in [-0.05, 0) is 40.1 Å². The third kappa shape index (κ3) is 3.87. The molecule has 4 nitrogen and oxygen atoms in total. The lowest BCUT2D eigenvalue weighted by Gasteiger charge is -2.11. The Morgan fingerprint density at radius 1 is 0.380 bits per heavy atom. The predicted octanol–water partition coefficient (Wildman–Crippen LogP) is 12.7. The molecule has 3 aromatic heterocycles. The van der Waals surface area contributed by atoms with Gasteiger partial charge in [0, 0.05) is 43.6 Å². The molecule has 4 heteroatoms. The fourth-order valence-corrected chi connectivity index (χ4v) is 7.82. The van der Waals surface area contributed by atoms with Crippen molar-refractivity contribution in [2.75, 3.05) is 0 Å². The van der Waals surface area contributed by atoms with Crippen LogP contribution in [0.15, 0.2) is 167 Å². The minimum absolute atomic E-state index is 0.814. The van der Waals surface area contributed by atoms with Gasteiger partial charge in [-0.3, -0.25) is 4.98 Å². The van der Waals surface area contributed by atoms with Gasteiger partial charge in [0.2, 0.25) is 0 Å². The second-order valence-corrected chi connectivity index (χ2v) is 12.9. The van der Waals surface area contributed by atoms with Gasteiger partial charge >= 0.3 is 0 Å². The van der Waals surface area contributed by atoms with E-state index < -0.39 is 0 Å². The minimum Gasteiger partial charge on any atom is -0.455 e. The first-order valence-electron chi connectivity index (χ1n) is 16.8. The molecule has 50 heavy (non-hydrogen) atoms. The van der Waals surface area contributed by atoms with Crippen LogP contribution in [0.4, 0.5) is 0 Å². The molecular formula is C46H26N2O2. The zero-order valence-corrected chi connectivity index (χ0v) is 26.7. The molecule has 0 saturated heterocycles. The third-order valence-corrected chi connectivity index (χ3v) is 10.1. The SMILES string of the molecule is c1ccc(-c2cccc3c2oc2ccc4c5cccc(-c6cccc(-c7cnc8c9ccccc9c9ccccc9c8n7)c6)c5oc4c23)cc1. The van der Waals surface area contributed by atoms with Gasteiger partial charge in [-0.15, -0.1) is 0 Å². The lowest BCUT2D eigenvalue weighted by atomic mass is 9.98. The first-order valence-corrected chi connectivity index (χ1v) is 16.8. The van der Waals surface area contributed by atoms with Crippen molar-refractivity contribution in [3.05, 3.63) is 158 Å². The van der Waals surface area contributed by atoms with Gasteiger partial charge in [0.05, 0.1) is 28.3 Å². The van der Waals surface area contributed by atoms with Crippen molar-refractivity contribution in [2.24, 2.45) is 0 Å². The Balaban J connectivity index is 1.09. The van der Waals surface area contributed by atoms with Gasteiger partial charge < -0.3 is 8.83 Å². The largest absolute Gasteiger partial charge is 0.455 e. The molecule has 0 spiro atoms. The Bertz CT molecular complexity index is 3120. The molecule has 0 aliphatic carbocycles. The van der Waals surface area contributed by atoms with Crippen LogP contribution in [0.25, 0.3) is 110 Å². The number of aromatic nitrogens is 2. The number of furan rings is 2. The van der Waals surface area contributed by atoms with E-state index in [-0.39, 0.29) is 0 Å². The molecule has 0 bridgehead atoms. The van der Waals surface area contributed by atoms with Crippen molar-refractivity contribution in [1.29, 1.82) is 0 Å². The van der Waals surface area contributed by atoms with Crippen molar-refractivity contribution < 1.29 is 8.83 Å². The molecule has 0 radical (unpaired) electrons. The smallest absolute Gasteiger partial charge is 0.147 e. The van der Waals surface area contributed by atoms with E-state index >= 15 is 0 Å². The lowest BCUT2D eigenvalue weighted by molar-refractivity contribution is 0.664. The molecule has 0 fully saturated rings. The molecule has 0 unspecified atom stereocenters. The Hall–Kier alpha value is -6.78. The average Bonchev–Trinajstić information content (AvgIpc) is 3.77. The van der Waals surface area contributed by atoms with Gasteiger partial charge in [0.1, 0.15) is 22.3 Å². The van der Waals surface area contributed by atoms with Crippen molar-refractivity contribution in [3.8, 4) is 33.5 Å². The number of nitrogens with zero attached hydrogens (tertiary/aromatic N) is 2. The van der Waals surface area contributed by atoms with E-state index in [2.05, 4.69) is 146 Å². The Morgan fingerprint density at radius 2 is 0.960 bits per heavy atom. The molecule has 0 amide bonds. The van der Waals surface area contributed by atoms with Crippen LogP contribution < -0.4 is 0 Å². The fourth-order valence-electron chi connectivity index (χ4n) is 7.82. The molecule has 0 atom stereocenters. The zero-order valence-electron chi connectivity index (χ0n) is 26.7. The highest BCUT2D eigenvalue weighted by Crippen LogP contribution is 2.44. The van der Waals surface area contributed by atoms with E-state index in [1.54, 1.807) is 0 Å². The van der Waals surface area contributed by atoms with Crippen molar-refractivity contribution >= 4 is 76.5 Å². The summed E-state index contributed by atoms with van der Waals surface area (Å²) in [4.78, 5) is 10.2. The van der Waals surface area contributed by atoms with Crippen LogP contribution in [-0.4, -0.2) is 9.97 Å². The molecule has 232 valence electrons. The van der Waals surface area contributed by atoms with Crippen LogP contribution in [0, 0.1) is 0 Å². The average molecular weight is 639 g/mol. The molecule has 0 aliphatic rings. The molecule has 0 aliphatic heterocycles. The van der Waals surface area contributed by atoms with Crippen LogP contribution in [0.5, 0.6) is 0 Å². The number of hydrogen-bond acceptors (Lipinski definition) is 4. The lowest BCUT2D eigenvalue weighted by Crippen LogP contribution is -1.92. The van der Waals surface area contributed by atoms with Crippen LogP contribution >= 0.6 is 0 Å². The zero-order chi connectivity index (χ0) is 32.8. The predicted molar refractivity (Wildman–Crippen MR) is 205 cm³/mol. The monoisotopic (exact) mass is 638 g/mol. The highest BCUT2D eigenvalue weighted by molar-refractivity contribution is 6.25. The Morgan fingerprint density at radius 3 is 1.76 bits per heavy atom. The molecule has 8 aromatic carbocycles. The summed E-state index contributed by atoms with van der Waals surface area (Å²) in [6.07, 6.45) is 1.90. The molecule has 0 saturated carbocycles. The highest BCUT2D eigenvalue weighted by atomic mass is 16.3. The summed E-state index contributed by atoms with van der Waals surface area (Å²) in [6.45, 7) is 0. The number of rotatable bonds is 3. The maximum atomic E-state index is 6.87. The van der Waals surface area contributed by atoms with Crippen LogP contribution in [0.3, 0.4) is 0 Å². The second-order valence-electron chi connectivity index (χ2n) is 12.9. The molecular weight excluding hydrogens is 613 g/mol. The van der Waals surface area contributed by atoms with Crippen LogP contribution in [-0.2, 0) is 0 Å². The summed E-state index contributed by atoms with van der Waals surface area (Å²) in [7, 11) is 0. The number of hydrogen-bond donors (Lipinski definition) is 0. The van der Waals surface area contributed by atoms with Gasteiger partial charge in [0.15, 0.2) is 0 Å². The van der Waals surface area contributed by atoms with E-state index in [1.807, 2.05) is 12.3 Å². The van der Waals surface area contributed by atoms with E-state index in [4.69, 9.17) is 18.8 Å². The van der Waals surface area contributed by atoms with Gasteiger partial charge in [-0.1, -0.05) is 133 Å². The fraction of sp³-hybridized carbons (Fsp3) is 0. The second kappa shape index (κ2) is 10.4. The topological polar surface area (TPSA) is 52.1 Å². The van der Waals surface area contributed by atoms with E-state index in [0.717, 1.165) is 99.2 Å². The number of fused-ring (bicyclic) bond motifs is 13. The standard InChI is InChI=1S/C46H26N2O2/c1-2-11-27(12-3-1)30-19-10-22-38-41-40(49-45(30)38)24-23-37-36-21-9-20-31(44(36)50-46(37)41)28-13-8-14-29(25-28)39-26-47-42-34-17-6-4-15-32(34)33-16-5-7-18-35(33)43(42)48-39/h1-26H. The number of benzene rings is 8. The van der Waals surface area contributed by atoms with Crippen molar-refractivity contribution in [1.82, 2.24) is 9.97 Å². The third-order valence-electron chi connectivity index (χ3n) is 10.1. The summed E-state index contributed by atoms with van der Waals surface area (Å²) in [5, 5.41) is 8.77. The van der Waals surface area contributed by atoms with E-state index in [9.17, 15) is 0 Å². The maximum absolute atomic E-state index is 6.87. The molecule has 11 aromatic rings. The summed E-state index contributed by atoms with van der Waals surface area (Å²) in [5.41, 5.74) is 11.3. The summed E-state index contributed by atoms with van der Waals surface area (Å²) in [5.74, 6) is 0. The van der Waals surface area contributed by atoms with Gasteiger partial charge in [0.25, 0.3) is 0 Å². The first kappa shape index (κ1) is 27.2. The van der Waals surface area contributed by atoms with E-state index in [0.29, 0.717) is 0 Å². The van der Waals surface area contributed by atoms with Gasteiger partial charge in [-0.25, -0.2) is 4.98 Å². The minimum atomic E-state index is 0.814. The quantitative estimate of drug-likeness (QED) is 0.181. The first-order chi connectivity index (χ1) is 24.8. The summed E-state index contributed by atoms with van der Waals surface area (Å²) in [6, 6.07) is 52.7. The van der Waals surface area contributed by atoms with Crippen LogP contribution in [0.2, 0.25) is 0 Å². The number of para-hydroxylation sites is 2. The van der Waals surface area contributed by atoms with Crippen molar-refractivity contribution in [3.63, 3.8) is 0 Å². The summed E-state index contributed by atoms with van der Waals surface area (Å²) >= 11 is 0. The van der Waals surface area contributed by atoms with Crippen molar-refractivity contribution in [2.45, 2.75) is 0 Å². The molecule has 11 rings (SSSR count). The Labute approximate surface area is 285 Å². The van der Waals surface area contributed by atoms with Gasteiger partial charge in [-0.2, -0.15) is 0 Å². The maximum Gasteiger partial charge on any atom is 0.147 e. The Kier molecular flexibility index (Phi) is 5.63. The summed E-state index contributed by atoms with van der Waals surface area (Å²) < 4.78 is 13.4. The highest BCUT2D eigenvalue weighted by Gasteiger charge is 2.20. The van der Waals surface area contributed by atoms with E-state index in [1.165, 1.54) is 10.8 Å². The normalized spacial score (nSPS) is 12.0. The molecule has 3 heterocycles. The van der Waals surface area contributed by atoms with Crippen LogP contribution in [0.1, 0.15) is 0 Å².